The van der Waals surface area contributed by atoms with Crippen molar-refractivity contribution in [2.24, 2.45) is 0 Å². The first-order valence-electron chi connectivity index (χ1n) is 10.7. The molecular formula is C26H23FN4O2S. The zero-order chi connectivity index (χ0) is 24.1. The average molecular weight is 475 g/mol. The molecule has 0 fully saturated rings. The van der Waals surface area contributed by atoms with Crippen LogP contribution in [0.2, 0.25) is 0 Å². The number of carbonyl (C=O) groups is 2. The highest BCUT2D eigenvalue weighted by molar-refractivity contribution is 8.00. The van der Waals surface area contributed by atoms with Crippen LogP contribution in [0.5, 0.6) is 0 Å². The first-order chi connectivity index (χ1) is 16.4. The molecule has 0 aliphatic heterocycles. The third kappa shape index (κ3) is 5.58. The number of amides is 1. The summed E-state index contributed by atoms with van der Waals surface area (Å²) in [6, 6.07) is 22.8. The summed E-state index contributed by atoms with van der Waals surface area (Å²) in [5, 5.41) is 11.6. The molecule has 0 spiro atoms. The predicted molar refractivity (Wildman–Crippen MR) is 131 cm³/mol. The number of rotatable bonds is 8. The van der Waals surface area contributed by atoms with Gasteiger partial charge < -0.3 is 5.32 Å². The van der Waals surface area contributed by atoms with E-state index in [1.54, 1.807) is 43.3 Å². The van der Waals surface area contributed by atoms with Crippen LogP contribution in [0, 0.1) is 5.82 Å². The van der Waals surface area contributed by atoms with E-state index in [0.29, 0.717) is 28.8 Å². The number of hydrogen-bond acceptors (Lipinski definition) is 5. The lowest BCUT2D eigenvalue weighted by Gasteiger charge is -2.14. The molecule has 0 aliphatic rings. The van der Waals surface area contributed by atoms with Crippen molar-refractivity contribution < 1.29 is 14.0 Å². The van der Waals surface area contributed by atoms with E-state index in [2.05, 4.69) is 15.5 Å². The molecule has 0 aliphatic carbocycles. The van der Waals surface area contributed by atoms with E-state index in [4.69, 9.17) is 0 Å². The maximum Gasteiger partial charge on any atom is 0.237 e. The molecule has 0 bridgehead atoms. The summed E-state index contributed by atoms with van der Waals surface area (Å²) in [4.78, 5) is 24.5. The van der Waals surface area contributed by atoms with Gasteiger partial charge in [0.25, 0.3) is 0 Å². The fraction of sp³-hybridized carbons (Fsp3) is 0.154. The largest absolute Gasteiger partial charge is 0.325 e. The number of hydrogen-bond donors (Lipinski definition) is 1. The molecule has 1 amide bonds. The Hall–Kier alpha value is -3.78. The molecule has 4 aromatic rings. The molecule has 4 rings (SSSR count). The second-order valence-corrected chi connectivity index (χ2v) is 9.08. The van der Waals surface area contributed by atoms with Crippen LogP contribution in [0.1, 0.15) is 29.8 Å². The monoisotopic (exact) mass is 474 g/mol. The lowest BCUT2D eigenvalue weighted by Crippen LogP contribution is -2.23. The van der Waals surface area contributed by atoms with Crippen molar-refractivity contribution in [3.63, 3.8) is 0 Å². The summed E-state index contributed by atoms with van der Waals surface area (Å²) in [7, 11) is 0. The fourth-order valence-electron chi connectivity index (χ4n) is 3.37. The van der Waals surface area contributed by atoms with Crippen LogP contribution in [0.4, 0.5) is 10.1 Å². The minimum Gasteiger partial charge on any atom is -0.325 e. The normalized spacial score (nSPS) is 11.7. The number of aromatic nitrogens is 3. The summed E-state index contributed by atoms with van der Waals surface area (Å²) in [6.45, 7) is 3.77. The number of ketones is 1. The van der Waals surface area contributed by atoms with Crippen molar-refractivity contribution in [1.29, 1.82) is 0 Å². The van der Waals surface area contributed by atoms with Gasteiger partial charge in [0.2, 0.25) is 5.91 Å². The number of nitrogens with one attached hydrogen (secondary N) is 1. The van der Waals surface area contributed by atoms with Gasteiger partial charge in [-0.15, -0.1) is 10.2 Å². The number of nitrogens with zero attached hydrogens (tertiary/aromatic N) is 3. The lowest BCUT2D eigenvalue weighted by atomic mass is 10.1. The Bertz CT molecular complexity index is 1310. The molecule has 1 atom stereocenters. The highest BCUT2D eigenvalue weighted by Gasteiger charge is 2.21. The van der Waals surface area contributed by atoms with E-state index in [9.17, 15) is 14.0 Å². The molecule has 172 valence electrons. The Balaban J connectivity index is 1.58. The zero-order valence-electron chi connectivity index (χ0n) is 18.7. The van der Waals surface area contributed by atoms with Gasteiger partial charge in [0.05, 0.1) is 11.8 Å². The Labute approximate surface area is 201 Å². The first-order valence-corrected chi connectivity index (χ1v) is 11.6. The van der Waals surface area contributed by atoms with E-state index in [-0.39, 0.29) is 17.5 Å². The van der Waals surface area contributed by atoms with E-state index < -0.39 is 5.25 Å². The van der Waals surface area contributed by atoms with E-state index in [1.165, 1.54) is 30.8 Å². The van der Waals surface area contributed by atoms with Crippen LogP contribution in [-0.4, -0.2) is 31.7 Å². The van der Waals surface area contributed by atoms with E-state index >= 15 is 0 Å². The number of halogens is 1. The molecule has 0 saturated carbocycles. The van der Waals surface area contributed by atoms with Crippen molar-refractivity contribution in [2.45, 2.75) is 30.8 Å². The first kappa shape index (κ1) is 23.4. The second-order valence-electron chi connectivity index (χ2n) is 7.77. The van der Waals surface area contributed by atoms with Crippen molar-refractivity contribution in [3.05, 3.63) is 95.8 Å². The summed E-state index contributed by atoms with van der Waals surface area (Å²) in [5.74, 6) is -0.0242. The van der Waals surface area contributed by atoms with E-state index in [1.807, 2.05) is 34.9 Å². The minimum absolute atomic E-state index is 0.0686. The van der Waals surface area contributed by atoms with Gasteiger partial charge in [-0.3, -0.25) is 14.2 Å². The molecule has 0 unspecified atom stereocenters. The predicted octanol–water partition coefficient (Wildman–Crippen LogP) is 5.45. The smallest absolute Gasteiger partial charge is 0.237 e. The highest BCUT2D eigenvalue weighted by atomic mass is 32.2. The second kappa shape index (κ2) is 10.4. The van der Waals surface area contributed by atoms with Gasteiger partial charge in [-0.25, -0.2) is 4.39 Å². The van der Waals surface area contributed by atoms with Crippen molar-refractivity contribution >= 4 is 29.1 Å². The van der Waals surface area contributed by atoms with Crippen LogP contribution in [0.25, 0.3) is 11.4 Å². The Morgan fingerprint density at radius 1 is 1.00 bits per heavy atom. The van der Waals surface area contributed by atoms with Gasteiger partial charge >= 0.3 is 0 Å². The highest BCUT2D eigenvalue weighted by Crippen LogP contribution is 2.28. The van der Waals surface area contributed by atoms with Gasteiger partial charge in [-0.2, -0.15) is 0 Å². The Morgan fingerprint density at radius 3 is 2.44 bits per heavy atom. The molecule has 0 saturated heterocycles. The minimum atomic E-state index is -0.485. The maximum atomic E-state index is 13.5. The van der Waals surface area contributed by atoms with Crippen LogP contribution in [0.3, 0.4) is 0 Å². The number of Topliss-reactive ketones (excluding diaryl/α,β-unsaturated/α-hetero) is 1. The molecule has 3 aromatic carbocycles. The zero-order valence-corrected chi connectivity index (χ0v) is 19.6. The van der Waals surface area contributed by atoms with Crippen LogP contribution in [-0.2, 0) is 11.3 Å². The molecule has 8 heteroatoms. The molecule has 0 radical (unpaired) electrons. The number of benzene rings is 3. The fourth-order valence-corrected chi connectivity index (χ4v) is 4.22. The Kier molecular flexibility index (Phi) is 7.18. The Morgan fingerprint density at radius 2 is 1.74 bits per heavy atom. The third-order valence-corrected chi connectivity index (χ3v) is 6.27. The van der Waals surface area contributed by atoms with Gasteiger partial charge in [-0.05, 0) is 55.8 Å². The standard InChI is InChI=1S/C26H23FN4O2S/c1-17(32)21-9-6-10-23(15-21)28-25(33)18(2)34-26-30-29-24(20-11-13-22(27)14-12-20)31(26)16-19-7-4-3-5-8-19/h3-15,18H,16H2,1-2H3,(H,28,33)/t18-/m1/s1. The average Bonchev–Trinajstić information content (AvgIpc) is 3.22. The van der Waals surface area contributed by atoms with Crippen molar-refractivity contribution in [1.82, 2.24) is 14.8 Å². The van der Waals surface area contributed by atoms with Crippen LogP contribution < -0.4 is 5.32 Å². The van der Waals surface area contributed by atoms with E-state index in [0.717, 1.165) is 11.1 Å². The maximum absolute atomic E-state index is 13.5. The third-order valence-electron chi connectivity index (χ3n) is 5.19. The molecule has 34 heavy (non-hydrogen) atoms. The molecule has 6 nitrogen and oxygen atoms in total. The molecule has 1 aromatic heterocycles. The SMILES string of the molecule is CC(=O)c1cccc(NC(=O)[C@@H](C)Sc2nnc(-c3ccc(F)cc3)n2Cc2ccccc2)c1. The molecule has 1 N–H and O–H groups in total. The summed E-state index contributed by atoms with van der Waals surface area (Å²) < 4.78 is 15.4. The summed E-state index contributed by atoms with van der Waals surface area (Å²) in [5.41, 5.74) is 2.87. The lowest BCUT2D eigenvalue weighted by molar-refractivity contribution is -0.115. The molecule has 1 heterocycles. The van der Waals surface area contributed by atoms with Gasteiger partial charge in [-0.1, -0.05) is 54.2 Å². The topological polar surface area (TPSA) is 76.9 Å². The molecular weight excluding hydrogens is 451 g/mol. The van der Waals surface area contributed by atoms with Crippen LogP contribution in [0.15, 0.2) is 84.0 Å². The van der Waals surface area contributed by atoms with Crippen molar-refractivity contribution in [2.75, 3.05) is 5.32 Å². The van der Waals surface area contributed by atoms with Crippen LogP contribution >= 0.6 is 11.8 Å². The number of thioether (sulfide) groups is 1. The quantitative estimate of drug-likeness (QED) is 0.271. The van der Waals surface area contributed by atoms with Gasteiger partial charge in [0.15, 0.2) is 16.8 Å². The van der Waals surface area contributed by atoms with Gasteiger partial charge in [0, 0.05) is 16.8 Å². The number of anilines is 1. The summed E-state index contributed by atoms with van der Waals surface area (Å²) in [6.07, 6.45) is 0. The van der Waals surface area contributed by atoms with Crippen molar-refractivity contribution in [3.8, 4) is 11.4 Å². The van der Waals surface area contributed by atoms with Gasteiger partial charge in [0.1, 0.15) is 5.82 Å². The summed E-state index contributed by atoms with van der Waals surface area (Å²) >= 11 is 1.28. The number of carbonyl (C=O) groups excluding carboxylic acids is 2.